The van der Waals surface area contributed by atoms with Crippen molar-refractivity contribution in [3.63, 3.8) is 0 Å². The SMILES string of the molecule is C=CC(=O)Nc1cc(N2CCN(CC)CC2)ccc1Nc1ncc(C#N)c(Nc2ccccc2P(C)(C)=O)n1. The van der Waals surface area contributed by atoms with Gasteiger partial charge in [0.2, 0.25) is 11.9 Å². The van der Waals surface area contributed by atoms with Gasteiger partial charge in [-0.2, -0.15) is 10.2 Å². The predicted octanol–water partition coefficient (Wildman–Crippen LogP) is 4.35. The summed E-state index contributed by atoms with van der Waals surface area (Å²) in [5.74, 6) is 0.163. The third kappa shape index (κ3) is 6.82. The Bertz CT molecular complexity index is 1450. The molecular formula is C28H33N8O2P. The molecule has 2 heterocycles. The fraction of sp³-hybridized carbons (Fsp3) is 0.286. The maximum absolute atomic E-state index is 12.8. The first-order chi connectivity index (χ1) is 18.7. The van der Waals surface area contributed by atoms with Crippen LogP contribution in [-0.2, 0) is 9.36 Å². The van der Waals surface area contributed by atoms with Gasteiger partial charge in [-0.1, -0.05) is 25.6 Å². The molecule has 1 saturated heterocycles. The predicted molar refractivity (Wildman–Crippen MR) is 158 cm³/mol. The molecule has 0 spiro atoms. The first kappa shape index (κ1) is 27.8. The van der Waals surface area contributed by atoms with E-state index in [1.165, 1.54) is 12.3 Å². The Kier molecular flexibility index (Phi) is 8.65. The zero-order chi connectivity index (χ0) is 28.0. The molecule has 3 aromatic rings. The van der Waals surface area contributed by atoms with Gasteiger partial charge in [-0.3, -0.25) is 4.79 Å². The number of anilines is 6. The van der Waals surface area contributed by atoms with Crippen LogP contribution < -0.4 is 26.2 Å². The molecule has 0 saturated carbocycles. The normalized spacial score (nSPS) is 13.8. The molecule has 11 heteroatoms. The summed E-state index contributed by atoms with van der Waals surface area (Å²) in [5, 5.41) is 19.5. The maximum atomic E-state index is 12.8. The van der Waals surface area contributed by atoms with Crippen LogP contribution in [-0.4, -0.2) is 66.8 Å². The van der Waals surface area contributed by atoms with E-state index >= 15 is 0 Å². The van der Waals surface area contributed by atoms with Gasteiger partial charge >= 0.3 is 0 Å². The lowest BCUT2D eigenvalue weighted by Gasteiger charge is -2.35. The van der Waals surface area contributed by atoms with E-state index in [4.69, 9.17) is 0 Å². The largest absolute Gasteiger partial charge is 0.369 e. The number of likely N-dealkylation sites (N-methyl/N-ethyl adjacent to an activating group) is 1. The summed E-state index contributed by atoms with van der Waals surface area (Å²) < 4.78 is 12.8. The zero-order valence-corrected chi connectivity index (χ0v) is 23.3. The Balaban J connectivity index is 1.64. The molecule has 4 rings (SSSR count). The summed E-state index contributed by atoms with van der Waals surface area (Å²) in [7, 11) is -2.59. The summed E-state index contributed by atoms with van der Waals surface area (Å²) in [6.07, 6.45) is 2.63. The van der Waals surface area contributed by atoms with Crippen molar-refractivity contribution < 1.29 is 9.36 Å². The number of rotatable bonds is 9. The molecule has 0 radical (unpaired) electrons. The van der Waals surface area contributed by atoms with Gasteiger partial charge in [0.05, 0.1) is 23.3 Å². The van der Waals surface area contributed by atoms with Crippen molar-refractivity contribution in [3.8, 4) is 6.07 Å². The number of para-hydroxylation sites is 1. The van der Waals surface area contributed by atoms with Gasteiger partial charge in [0.15, 0.2) is 5.82 Å². The van der Waals surface area contributed by atoms with E-state index in [1.807, 2.05) is 30.3 Å². The van der Waals surface area contributed by atoms with E-state index < -0.39 is 7.14 Å². The molecular weight excluding hydrogens is 511 g/mol. The van der Waals surface area contributed by atoms with Crippen LogP contribution in [0, 0.1) is 11.3 Å². The van der Waals surface area contributed by atoms with Crippen LogP contribution in [0.15, 0.2) is 61.3 Å². The van der Waals surface area contributed by atoms with Gasteiger partial charge in [-0.25, -0.2) is 4.98 Å². The highest BCUT2D eigenvalue weighted by molar-refractivity contribution is 7.70. The summed E-state index contributed by atoms with van der Waals surface area (Å²) in [5.41, 5.74) is 2.99. The van der Waals surface area contributed by atoms with Crippen LogP contribution in [0.3, 0.4) is 0 Å². The van der Waals surface area contributed by atoms with Crippen molar-refractivity contribution in [1.29, 1.82) is 5.26 Å². The number of amides is 1. The summed E-state index contributed by atoms with van der Waals surface area (Å²) >= 11 is 0. The van der Waals surface area contributed by atoms with Crippen molar-refractivity contribution in [3.05, 3.63) is 66.9 Å². The van der Waals surface area contributed by atoms with Gasteiger partial charge in [0.1, 0.15) is 18.8 Å². The molecule has 0 unspecified atom stereocenters. The van der Waals surface area contributed by atoms with Gasteiger partial charge in [0, 0.05) is 37.2 Å². The van der Waals surface area contributed by atoms with E-state index in [1.54, 1.807) is 25.5 Å². The van der Waals surface area contributed by atoms with Crippen LogP contribution in [0.2, 0.25) is 0 Å². The van der Waals surface area contributed by atoms with E-state index in [-0.39, 0.29) is 23.2 Å². The number of hydrogen-bond donors (Lipinski definition) is 3. The molecule has 2 aromatic carbocycles. The number of benzene rings is 2. The molecule has 1 aliphatic rings. The van der Waals surface area contributed by atoms with E-state index in [9.17, 15) is 14.6 Å². The number of piperazine rings is 1. The Hall–Kier alpha value is -4.19. The molecule has 39 heavy (non-hydrogen) atoms. The number of nitriles is 1. The zero-order valence-electron chi connectivity index (χ0n) is 22.4. The number of nitrogens with zero attached hydrogens (tertiary/aromatic N) is 5. The van der Waals surface area contributed by atoms with Gasteiger partial charge in [-0.05, 0) is 56.3 Å². The monoisotopic (exact) mass is 544 g/mol. The van der Waals surface area contributed by atoms with E-state index in [0.29, 0.717) is 22.4 Å². The van der Waals surface area contributed by atoms with E-state index in [0.717, 1.165) is 38.4 Å². The summed E-state index contributed by atoms with van der Waals surface area (Å²) in [4.78, 5) is 25.8. The van der Waals surface area contributed by atoms with Crippen molar-refractivity contribution in [2.75, 3.05) is 66.9 Å². The average Bonchev–Trinajstić information content (AvgIpc) is 2.94. The van der Waals surface area contributed by atoms with Crippen molar-refractivity contribution in [1.82, 2.24) is 14.9 Å². The minimum Gasteiger partial charge on any atom is -0.369 e. The highest BCUT2D eigenvalue weighted by Crippen LogP contribution is 2.38. The number of carbonyl (C=O) groups is 1. The summed E-state index contributed by atoms with van der Waals surface area (Å²) in [6.45, 7) is 13.9. The van der Waals surface area contributed by atoms with Crippen LogP contribution in [0.1, 0.15) is 12.5 Å². The van der Waals surface area contributed by atoms with Gasteiger partial charge < -0.3 is 30.3 Å². The molecule has 1 amide bonds. The molecule has 1 aliphatic heterocycles. The molecule has 0 atom stereocenters. The quantitative estimate of drug-likeness (QED) is 0.266. The fourth-order valence-electron chi connectivity index (χ4n) is 4.36. The number of nitrogens with one attached hydrogen (secondary N) is 3. The third-order valence-corrected chi connectivity index (χ3v) is 8.07. The molecule has 3 N–H and O–H groups in total. The van der Waals surface area contributed by atoms with Crippen molar-refractivity contribution in [2.24, 2.45) is 0 Å². The van der Waals surface area contributed by atoms with Crippen molar-refractivity contribution >= 4 is 52.9 Å². The highest BCUT2D eigenvalue weighted by atomic mass is 31.2. The second kappa shape index (κ2) is 12.1. The lowest BCUT2D eigenvalue weighted by Crippen LogP contribution is -2.46. The van der Waals surface area contributed by atoms with Crippen LogP contribution in [0.4, 0.5) is 34.5 Å². The Morgan fingerprint density at radius 3 is 2.51 bits per heavy atom. The molecule has 1 aromatic heterocycles. The third-order valence-electron chi connectivity index (χ3n) is 6.52. The first-order valence-electron chi connectivity index (χ1n) is 12.7. The van der Waals surface area contributed by atoms with Crippen LogP contribution >= 0.6 is 7.14 Å². The molecule has 1 fully saturated rings. The lowest BCUT2D eigenvalue weighted by molar-refractivity contribution is -0.111. The molecule has 0 bridgehead atoms. The minimum atomic E-state index is -2.59. The first-order valence-corrected chi connectivity index (χ1v) is 15.3. The maximum Gasteiger partial charge on any atom is 0.247 e. The smallest absolute Gasteiger partial charge is 0.247 e. The van der Waals surface area contributed by atoms with Gasteiger partial charge in [-0.15, -0.1) is 0 Å². The minimum absolute atomic E-state index is 0.226. The Labute approximate surface area is 229 Å². The van der Waals surface area contributed by atoms with Gasteiger partial charge in [0.25, 0.3) is 0 Å². The lowest BCUT2D eigenvalue weighted by atomic mass is 10.2. The number of aromatic nitrogens is 2. The number of hydrogen-bond acceptors (Lipinski definition) is 9. The molecule has 0 aliphatic carbocycles. The second-order valence-corrected chi connectivity index (χ2v) is 12.7. The topological polar surface area (TPSA) is 126 Å². The molecule has 10 nitrogen and oxygen atoms in total. The van der Waals surface area contributed by atoms with Crippen molar-refractivity contribution in [2.45, 2.75) is 6.92 Å². The standard InChI is InChI=1S/C28H33N8O2P/c1-5-26(37)31-24-17-21(36-15-13-35(6-2)14-16-36)11-12-22(24)33-28-30-19-20(18-29)27(34-28)32-23-9-7-8-10-25(23)39(3,4)38/h5,7-12,17,19H,1,6,13-16H2,2-4H3,(H,31,37)(H2,30,32,33,34). The number of carbonyl (C=O) groups excluding carboxylic acids is 1. The fourth-order valence-corrected chi connectivity index (χ4v) is 5.52. The van der Waals surface area contributed by atoms with Crippen LogP contribution in [0.5, 0.6) is 0 Å². The van der Waals surface area contributed by atoms with E-state index in [2.05, 4.69) is 55.3 Å². The molecule has 202 valence electrons. The Morgan fingerprint density at radius 2 is 1.85 bits per heavy atom. The van der Waals surface area contributed by atoms with Crippen LogP contribution in [0.25, 0.3) is 0 Å². The average molecular weight is 545 g/mol. The second-order valence-electron chi connectivity index (χ2n) is 9.53. The highest BCUT2D eigenvalue weighted by Gasteiger charge is 2.19. The Morgan fingerprint density at radius 1 is 1.10 bits per heavy atom. The summed E-state index contributed by atoms with van der Waals surface area (Å²) in [6, 6.07) is 15.1.